The number of likely N-dealkylation sites (tertiary alicyclic amines) is 2. The van der Waals surface area contributed by atoms with Gasteiger partial charge in [-0.1, -0.05) is 24.3 Å². The Balaban J connectivity index is 0.000000319. The first kappa shape index (κ1) is 74.7. The SMILES string of the molecule is CC(=O)CCOCCOCCN.CC1=CC(=O)N(CCOCCOCCC(=O)Nc2ccc(CCC(=O)N3CCC3=O)cc2)C1=O.CC1=CC(=O)N(CCOCCOCCC(=O)O)C1=O.CC1=CC(=O)OC1=O.Nc1ccc(CCC(=O)N2CCC2=O)cc1. The Morgan fingerprint density at radius 1 is 0.528 bits per heavy atom. The lowest BCUT2D eigenvalue weighted by atomic mass is 10.1. The van der Waals surface area contributed by atoms with E-state index in [0.29, 0.717) is 133 Å². The molecule has 0 saturated carbocycles. The molecule has 2 aromatic rings. The van der Waals surface area contributed by atoms with Crippen molar-refractivity contribution < 1.29 is 101 Å². The lowest BCUT2D eigenvalue weighted by Crippen LogP contribution is -2.47. The number of nitrogens with zero attached hydrogens (tertiary/aromatic N) is 4. The van der Waals surface area contributed by atoms with Crippen molar-refractivity contribution in [3.05, 3.63) is 94.6 Å². The molecule has 5 aliphatic heterocycles. The highest BCUT2D eigenvalue weighted by Crippen LogP contribution is 2.17. The average Bonchev–Trinajstić information content (AvgIpc) is 2.64. The molecule has 0 aliphatic carbocycles. The number of amides is 9. The number of imide groups is 4. The number of ketones is 1. The van der Waals surface area contributed by atoms with Crippen molar-refractivity contribution >= 4 is 88.2 Å². The molecule has 2 saturated heterocycles. The molecule has 5 aliphatic rings. The lowest BCUT2D eigenvalue weighted by molar-refractivity contribution is -0.153. The number of aryl methyl sites for hydroxylation is 2. The third-order valence-electron chi connectivity index (χ3n) is 12.8. The van der Waals surface area contributed by atoms with Crippen LogP contribution in [0.25, 0.3) is 0 Å². The van der Waals surface area contributed by atoms with Gasteiger partial charge in [0.1, 0.15) is 5.78 Å². The Bertz CT molecular complexity index is 2870. The number of carbonyl (C=O) groups is 13. The zero-order chi connectivity index (χ0) is 65.7. The highest BCUT2D eigenvalue weighted by molar-refractivity contribution is 6.16. The summed E-state index contributed by atoms with van der Waals surface area (Å²) in [6.45, 7) is 12.5. The van der Waals surface area contributed by atoms with Crippen LogP contribution in [0.1, 0.15) is 83.8 Å². The minimum Gasteiger partial charge on any atom is -0.481 e. The van der Waals surface area contributed by atoms with Gasteiger partial charge in [0, 0.05) is 98.1 Å². The largest absolute Gasteiger partial charge is 0.481 e. The van der Waals surface area contributed by atoms with E-state index < -0.39 is 17.9 Å². The molecule has 9 amide bonds. The molecule has 28 heteroatoms. The van der Waals surface area contributed by atoms with Gasteiger partial charge in [0.25, 0.3) is 23.6 Å². The monoisotopic (exact) mass is 1250 g/mol. The minimum atomic E-state index is -0.908. The summed E-state index contributed by atoms with van der Waals surface area (Å²) in [6.07, 6.45) is 7.22. The summed E-state index contributed by atoms with van der Waals surface area (Å²) < 4.78 is 35.2. The lowest BCUT2D eigenvalue weighted by Gasteiger charge is -2.28. The highest BCUT2D eigenvalue weighted by atomic mass is 16.6. The van der Waals surface area contributed by atoms with Crippen molar-refractivity contribution in [2.24, 2.45) is 5.73 Å². The van der Waals surface area contributed by atoms with Gasteiger partial charge in [0.15, 0.2) is 0 Å². The van der Waals surface area contributed by atoms with Gasteiger partial charge in [-0.05, 0) is 75.9 Å². The maximum absolute atomic E-state index is 12.0. The van der Waals surface area contributed by atoms with Crippen LogP contribution in [0.4, 0.5) is 11.4 Å². The Labute approximate surface area is 515 Å². The number of aliphatic carboxylic acids is 1. The van der Waals surface area contributed by atoms with Crippen LogP contribution in [-0.2, 0) is 108 Å². The second kappa shape index (κ2) is 41.6. The maximum Gasteiger partial charge on any atom is 0.341 e. The van der Waals surface area contributed by atoms with Crippen LogP contribution in [-0.4, -0.2) is 214 Å². The molecule has 6 N–H and O–H groups in total. The fourth-order valence-corrected chi connectivity index (χ4v) is 7.63. The van der Waals surface area contributed by atoms with Crippen LogP contribution in [0.3, 0.4) is 0 Å². The summed E-state index contributed by atoms with van der Waals surface area (Å²) in [5.41, 5.74) is 15.4. The zero-order valence-corrected chi connectivity index (χ0v) is 50.8. The highest BCUT2D eigenvalue weighted by Gasteiger charge is 2.31. The number of benzene rings is 2. The standard InChI is InChI=1S/C24H29N3O7.C12H14N2O2.C12H17NO6.C8H17NO3.C5H4O3/c1-17-16-23(31)27(24(17)32)11-13-34-15-14-33-12-9-20(28)25-19-5-2-18(3-6-19)4-7-21(29)26-10-8-22(26)30;13-10-4-1-9(2-5-10)3-6-11(15)14-8-7-12(14)16;1-9-8-10(14)13(12(9)17)3-5-19-7-6-18-4-2-11(15)16;1-8(10)2-4-11-6-7-12-5-3-9;1-3-2-4(6)8-5(3)7/h2-3,5-6,16H,4,7-15H2,1H3,(H,25,28);1-2,4-5H,3,6-8,13H2;8H,2-7H2,1H3,(H,15,16);2-7,9H2,1H3;2H,1H3. The molecule has 28 nitrogen and oxygen atoms in total. The van der Waals surface area contributed by atoms with Gasteiger partial charge in [-0.2, -0.15) is 0 Å². The van der Waals surface area contributed by atoms with Gasteiger partial charge in [-0.25, -0.2) is 9.59 Å². The second-order valence-corrected chi connectivity index (χ2v) is 20.0. The predicted octanol–water partition coefficient (Wildman–Crippen LogP) is 1.80. The van der Waals surface area contributed by atoms with E-state index in [-0.39, 0.29) is 124 Å². The van der Waals surface area contributed by atoms with Crippen LogP contribution in [0.5, 0.6) is 0 Å². The molecule has 0 bridgehead atoms. The zero-order valence-electron chi connectivity index (χ0n) is 50.8. The summed E-state index contributed by atoms with van der Waals surface area (Å²) in [7, 11) is 0. The minimum absolute atomic E-state index is 0.0400. The number of carboxylic acids is 1. The van der Waals surface area contributed by atoms with Crippen LogP contribution in [0.2, 0.25) is 0 Å². The molecular weight excluding hydrogens is 1170 g/mol. The predicted molar refractivity (Wildman–Crippen MR) is 317 cm³/mol. The van der Waals surface area contributed by atoms with Crippen LogP contribution < -0.4 is 16.8 Å². The number of rotatable bonds is 33. The number of cyclic esters (lactones) is 2. The number of nitrogens with one attached hydrogen (secondary N) is 1. The van der Waals surface area contributed by atoms with E-state index in [9.17, 15) is 62.3 Å². The number of hydrogen-bond donors (Lipinski definition) is 4. The number of anilines is 2. The molecule has 486 valence electrons. The Kier molecular flexibility index (Phi) is 34.9. The van der Waals surface area contributed by atoms with E-state index in [4.69, 9.17) is 45.0 Å². The summed E-state index contributed by atoms with van der Waals surface area (Å²) in [5, 5.41) is 11.1. The van der Waals surface area contributed by atoms with Gasteiger partial charge in [-0.15, -0.1) is 0 Å². The fraction of sp³-hybridized carbons (Fsp3) is 0.492. The molecule has 0 spiro atoms. The van der Waals surface area contributed by atoms with Crippen molar-refractivity contribution in [3.63, 3.8) is 0 Å². The molecule has 2 aromatic carbocycles. The number of β-lactam (4-membered cyclic amide) rings is 2. The number of carbonyl (C=O) groups excluding carboxylic acids is 12. The molecule has 0 atom stereocenters. The normalized spacial score (nSPS) is 14.8. The first-order valence-corrected chi connectivity index (χ1v) is 28.8. The summed E-state index contributed by atoms with van der Waals surface area (Å²) in [5.74, 6) is -3.64. The molecule has 0 aromatic heterocycles. The molecule has 2 fully saturated rings. The number of carboxylic acid groups (broad SMARTS) is 1. The summed E-state index contributed by atoms with van der Waals surface area (Å²) >= 11 is 0. The molecule has 89 heavy (non-hydrogen) atoms. The number of ether oxygens (including phenoxy) is 7. The van der Waals surface area contributed by atoms with E-state index in [0.717, 1.165) is 20.9 Å². The number of Topliss-reactive ketones (excluding diaryl/α,β-unsaturated/α-hetero) is 1. The topological polar surface area (TPSA) is 384 Å². The Morgan fingerprint density at radius 2 is 0.944 bits per heavy atom. The quantitative estimate of drug-likeness (QED) is 0.0198. The third-order valence-corrected chi connectivity index (χ3v) is 12.8. The van der Waals surface area contributed by atoms with Crippen molar-refractivity contribution in [2.75, 3.05) is 123 Å². The van der Waals surface area contributed by atoms with Crippen LogP contribution in [0, 0.1) is 0 Å². The van der Waals surface area contributed by atoms with Crippen molar-refractivity contribution in [1.82, 2.24) is 19.6 Å². The first-order chi connectivity index (χ1) is 42.5. The van der Waals surface area contributed by atoms with Gasteiger partial charge in [-0.3, -0.25) is 72.3 Å². The maximum atomic E-state index is 12.0. The van der Waals surface area contributed by atoms with E-state index in [1.807, 2.05) is 36.4 Å². The number of nitrogens with two attached hydrogens (primary N) is 2. The number of esters is 2. The molecule has 0 radical (unpaired) electrons. The molecular formula is C61H81N7O21. The molecule has 5 heterocycles. The van der Waals surface area contributed by atoms with E-state index in [1.54, 1.807) is 32.9 Å². The third kappa shape index (κ3) is 29.8. The van der Waals surface area contributed by atoms with E-state index in [2.05, 4.69) is 10.1 Å². The van der Waals surface area contributed by atoms with Crippen molar-refractivity contribution in [2.45, 2.75) is 85.5 Å². The summed E-state index contributed by atoms with van der Waals surface area (Å²) in [4.78, 5) is 150. The van der Waals surface area contributed by atoms with Gasteiger partial charge < -0.3 is 55.0 Å². The van der Waals surface area contributed by atoms with E-state index >= 15 is 0 Å². The Morgan fingerprint density at radius 3 is 1.28 bits per heavy atom. The smallest absolute Gasteiger partial charge is 0.341 e. The average molecular weight is 1250 g/mol. The van der Waals surface area contributed by atoms with Crippen molar-refractivity contribution in [3.8, 4) is 0 Å². The van der Waals surface area contributed by atoms with Gasteiger partial charge >= 0.3 is 17.9 Å². The molecule has 0 unspecified atom stereocenters. The second-order valence-electron chi connectivity index (χ2n) is 20.0. The number of nitrogen functional groups attached to an aromatic ring is 1. The molecule has 7 rings (SSSR count). The van der Waals surface area contributed by atoms with Gasteiger partial charge in [0.05, 0.1) is 105 Å². The van der Waals surface area contributed by atoms with E-state index in [1.165, 1.54) is 35.0 Å². The van der Waals surface area contributed by atoms with Crippen molar-refractivity contribution in [1.29, 1.82) is 0 Å². The van der Waals surface area contributed by atoms with Crippen LogP contribution >= 0.6 is 0 Å². The van der Waals surface area contributed by atoms with Gasteiger partial charge in [0.2, 0.25) is 29.5 Å². The number of hydrogen-bond acceptors (Lipinski definition) is 22. The Hall–Kier alpha value is -8.51. The first-order valence-electron chi connectivity index (χ1n) is 28.8. The summed E-state index contributed by atoms with van der Waals surface area (Å²) in [6, 6.07) is 14.7. The van der Waals surface area contributed by atoms with Crippen LogP contribution in [0.15, 0.2) is 83.5 Å². The fourth-order valence-electron chi connectivity index (χ4n) is 7.63.